The molecule has 1 heterocycles. The zero-order valence-corrected chi connectivity index (χ0v) is 15.1. The number of esters is 1. The van der Waals surface area contributed by atoms with Crippen molar-refractivity contribution in [3.05, 3.63) is 66.0 Å². The molecule has 0 saturated heterocycles. The number of hydrogen-bond acceptors (Lipinski definition) is 7. The van der Waals surface area contributed by atoms with Gasteiger partial charge in [0.1, 0.15) is 6.54 Å². The number of benzene rings is 2. The molecule has 3 N–H and O–H groups in total. The van der Waals surface area contributed by atoms with Crippen LogP contribution in [-0.4, -0.2) is 46.4 Å². The summed E-state index contributed by atoms with van der Waals surface area (Å²) in [7, 11) is 1.33. The van der Waals surface area contributed by atoms with Crippen LogP contribution in [0.1, 0.15) is 17.4 Å². The molecule has 0 fully saturated rings. The Balaban J connectivity index is 1.89. The van der Waals surface area contributed by atoms with Crippen molar-refractivity contribution in [1.29, 1.82) is 0 Å². The summed E-state index contributed by atoms with van der Waals surface area (Å²) in [5.41, 5.74) is 8.89. The van der Waals surface area contributed by atoms with Gasteiger partial charge >= 0.3 is 5.97 Å². The molecular weight excluding hydrogens is 344 g/mol. The lowest BCUT2D eigenvalue weighted by atomic mass is 10.0. The molecule has 1 unspecified atom stereocenters. The maximum absolute atomic E-state index is 11.6. The van der Waals surface area contributed by atoms with E-state index in [4.69, 9.17) is 10.5 Å². The summed E-state index contributed by atoms with van der Waals surface area (Å²) < 4.78 is 6.15. The number of carbonyl (C=O) groups excluding carboxylic acids is 1. The van der Waals surface area contributed by atoms with Gasteiger partial charge in [-0.3, -0.25) is 4.79 Å². The van der Waals surface area contributed by atoms with Crippen molar-refractivity contribution in [3.8, 4) is 11.1 Å². The van der Waals surface area contributed by atoms with Crippen molar-refractivity contribution >= 4 is 5.97 Å². The molecule has 0 aliphatic carbocycles. The number of nitrogens with two attached hydrogens (primary N) is 1. The van der Waals surface area contributed by atoms with E-state index < -0.39 is 5.97 Å². The van der Waals surface area contributed by atoms with E-state index in [0.717, 1.165) is 16.7 Å². The number of nitrogens with one attached hydrogen (secondary N) is 1. The first-order valence-electron chi connectivity index (χ1n) is 8.64. The highest BCUT2D eigenvalue weighted by molar-refractivity contribution is 5.68. The van der Waals surface area contributed by atoms with E-state index in [1.165, 1.54) is 11.8 Å². The molecule has 8 nitrogen and oxygen atoms in total. The van der Waals surface area contributed by atoms with Gasteiger partial charge in [-0.2, -0.15) is 0 Å². The molecule has 0 saturated carbocycles. The summed E-state index contributed by atoms with van der Waals surface area (Å²) in [6.07, 6.45) is 0. The molecule has 0 aliphatic rings. The molecule has 8 heteroatoms. The SMILES string of the molecule is COC(=O)Cn1nnnc1C(NCCN)c1ccc(-c2ccccc2)cc1. The Labute approximate surface area is 157 Å². The molecular formula is C19H22N6O2. The van der Waals surface area contributed by atoms with Crippen molar-refractivity contribution in [2.24, 2.45) is 5.73 Å². The Morgan fingerprint density at radius 1 is 1.15 bits per heavy atom. The first-order chi connectivity index (χ1) is 13.2. The molecule has 0 radical (unpaired) electrons. The van der Waals surface area contributed by atoms with E-state index in [1.54, 1.807) is 0 Å². The highest BCUT2D eigenvalue weighted by Gasteiger charge is 2.22. The fourth-order valence-corrected chi connectivity index (χ4v) is 2.80. The average molecular weight is 366 g/mol. The Morgan fingerprint density at radius 3 is 2.52 bits per heavy atom. The van der Waals surface area contributed by atoms with Crippen molar-refractivity contribution in [2.45, 2.75) is 12.6 Å². The van der Waals surface area contributed by atoms with Crippen molar-refractivity contribution in [2.75, 3.05) is 20.2 Å². The van der Waals surface area contributed by atoms with Crippen LogP contribution in [0.3, 0.4) is 0 Å². The minimum atomic E-state index is -0.416. The standard InChI is InChI=1S/C19H22N6O2/c1-27-17(26)13-25-19(22-23-24-25)18(21-12-11-20)16-9-7-15(8-10-16)14-5-3-2-4-6-14/h2-10,18,21H,11-13,20H2,1H3. The molecule has 0 amide bonds. The molecule has 2 aromatic carbocycles. The second-order valence-corrected chi connectivity index (χ2v) is 5.93. The van der Waals surface area contributed by atoms with Crippen LogP contribution < -0.4 is 11.1 Å². The van der Waals surface area contributed by atoms with E-state index >= 15 is 0 Å². The van der Waals surface area contributed by atoms with Crippen LogP contribution >= 0.6 is 0 Å². The monoisotopic (exact) mass is 366 g/mol. The Kier molecular flexibility index (Phi) is 6.24. The zero-order chi connectivity index (χ0) is 19.1. The third-order valence-electron chi connectivity index (χ3n) is 4.17. The largest absolute Gasteiger partial charge is 0.468 e. The maximum atomic E-state index is 11.6. The second-order valence-electron chi connectivity index (χ2n) is 5.93. The predicted octanol–water partition coefficient (Wildman–Crippen LogP) is 1.15. The van der Waals surface area contributed by atoms with Crippen LogP contribution in [0.5, 0.6) is 0 Å². The summed E-state index contributed by atoms with van der Waals surface area (Å²) in [5.74, 6) is 0.113. The van der Waals surface area contributed by atoms with Crippen LogP contribution in [0, 0.1) is 0 Å². The van der Waals surface area contributed by atoms with Crippen LogP contribution in [0.15, 0.2) is 54.6 Å². The summed E-state index contributed by atoms with van der Waals surface area (Å²) in [6.45, 7) is 0.995. The third kappa shape index (κ3) is 4.55. The minimum absolute atomic E-state index is 0.0538. The molecule has 3 aromatic rings. The van der Waals surface area contributed by atoms with Crippen molar-refractivity contribution < 1.29 is 9.53 Å². The zero-order valence-electron chi connectivity index (χ0n) is 15.1. The van der Waals surface area contributed by atoms with Gasteiger partial charge < -0.3 is 15.8 Å². The van der Waals surface area contributed by atoms with Gasteiger partial charge in [-0.25, -0.2) is 4.68 Å². The molecule has 1 atom stereocenters. The highest BCUT2D eigenvalue weighted by Crippen LogP contribution is 2.24. The van der Waals surface area contributed by atoms with Crippen LogP contribution in [0.4, 0.5) is 0 Å². The number of rotatable bonds is 8. The van der Waals surface area contributed by atoms with Crippen LogP contribution in [0.2, 0.25) is 0 Å². The van der Waals surface area contributed by atoms with E-state index in [-0.39, 0.29) is 12.6 Å². The Morgan fingerprint density at radius 2 is 1.85 bits per heavy atom. The quantitative estimate of drug-likeness (QED) is 0.576. The predicted molar refractivity (Wildman–Crippen MR) is 101 cm³/mol. The first kappa shape index (κ1) is 18.7. The van der Waals surface area contributed by atoms with E-state index in [2.05, 4.69) is 45.1 Å². The van der Waals surface area contributed by atoms with E-state index in [0.29, 0.717) is 18.9 Å². The number of carbonyl (C=O) groups is 1. The van der Waals surface area contributed by atoms with E-state index in [1.807, 2.05) is 30.3 Å². The normalized spacial score (nSPS) is 11.9. The smallest absolute Gasteiger partial charge is 0.327 e. The second kappa shape index (κ2) is 9.02. The lowest BCUT2D eigenvalue weighted by Gasteiger charge is -2.18. The molecule has 140 valence electrons. The summed E-state index contributed by atoms with van der Waals surface area (Å²) in [5, 5.41) is 15.1. The van der Waals surface area contributed by atoms with Gasteiger partial charge in [-0.1, -0.05) is 54.6 Å². The Bertz CT molecular complexity index is 863. The summed E-state index contributed by atoms with van der Waals surface area (Å²) >= 11 is 0. The van der Waals surface area contributed by atoms with Crippen LogP contribution in [0.25, 0.3) is 11.1 Å². The lowest BCUT2D eigenvalue weighted by molar-refractivity contribution is -0.141. The number of tetrazole rings is 1. The van der Waals surface area contributed by atoms with Crippen molar-refractivity contribution in [3.63, 3.8) is 0 Å². The summed E-state index contributed by atoms with van der Waals surface area (Å²) in [4.78, 5) is 11.6. The van der Waals surface area contributed by atoms with Gasteiger partial charge in [-0.05, 0) is 27.1 Å². The van der Waals surface area contributed by atoms with Gasteiger partial charge in [0, 0.05) is 13.1 Å². The first-order valence-corrected chi connectivity index (χ1v) is 8.64. The van der Waals surface area contributed by atoms with Gasteiger partial charge in [0.2, 0.25) is 0 Å². The van der Waals surface area contributed by atoms with Gasteiger partial charge in [-0.15, -0.1) is 5.10 Å². The molecule has 0 bridgehead atoms. The molecule has 0 spiro atoms. The number of hydrogen-bond donors (Lipinski definition) is 2. The fourth-order valence-electron chi connectivity index (χ4n) is 2.80. The minimum Gasteiger partial charge on any atom is -0.468 e. The molecule has 0 aliphatic heterocycles. The van der Waals surface area contributed by atoms with Gasteiger partial charge in [0.05, 0.1) is 13.2 Å². The van der Waals surface area contributed by atoms with Crippen LogP contribution in [-0.2, 0) is 16.1 Å². The number of aromatic nitrogens is 4. The maximum Gasteiger partial charge on any atom is 0.327 e. The molecule has 1 aromatic heterocycles. The van der Waals surface area contributed by atoms with Crippen molar-refractivity contribution in [1.82, 2.24) is 25.5 Å². The topological polar surface area (TPSA) is 108 Å². The number of ether oxygens (including phenoxy) is 1. The summed E-state index contributed by atoms with van der Waals surface area (Å²) in [6, 6.07) is 18.0. The van der Waals surface area contributed by atoms with E-state index in [9.17, 15) is 4.79 Å². The Hall–Kier alpha value is -3.10. The van der Waals surface area contributed by atoms with Gasteiger partial charge in [0.25, 0.3) is 0 Å². The average Bonchev–Trinajstić information content (AvgIpc) is 3.17. The fraction of sp³-hybridized carbons (Fsp3) is 0.263. The number of nitrogens with zero attached hydrogens (tertiary/aromatic N) is 4. The highest BCUT2D eigenvalue weighted by atomic mass is 16.5. The van der Waals surface area contributed by atoms with Gasteiger partial charge in [0.15, 0.2) is 5.82 Å². The third-order valence-corrected chi connectivity index (χ3v) is 4.17. The molecule has 3 rings (SSSR count). The number of methoxy groups -OCH3 is 1. The molecule has 27 heavy (non-hydrogen) atoms. The lowest BCUT2D eigenvalue weighted by Crippen LogP contribution is -2.31.